The highest BCUT2D eigenvalue weighted by Crippen LogP contribution is 2.36. The number of phenols is 1. The molecule has 4 rings (SSSR count). The van der Waals surface area contributed by atoms with Crippen molar-refractivity contribution in [2.24, 2.45) is 5.10 Å². The van der Waals surface area contributed by atoms with Crippen LogP contribution in [0.2, 0.25) is 0 Å². The van der Waals surface area contributed by atoms with E-state index in [-0.39, 0.29) is 17.2 Å². The van der Waals surface area contributed by atoms with Crippen molar-refractivity contribution in [2.75, 3.05) is 10.3 Å². The zero-order valence-electron chi connectivity index (χ0n) is 18.5. The molecular weight excluding hydrogens is 418 g/mol. The minimum absolute atomic E-state index is 0.0528. The number of carbonyl (C=O) groups excluding carboxylic acids is 1. The van der Waals surface area contributed by atoms with Gasteiger partial charge < -0.3 is 15.5 Å². The molecule has 1 aliphatic rings. The fraction of sp³-hybridized carbons (Fsp3) is 0.115. The number of aromatic carboxylic acids is 1. The number of para-hydroxylation sites is 1. The van der Waals surface area contributed by atoms with E-state index in [1.54, 1.807) is 37.3 Å². The van der Waals surface area contributed by atoms with Gasteiger partial charge in [0.25, 0.3) is 5.91 Å². The lowest BCUT2D eigenvalue weighted by Gasteiger charge is -2.14. The Morgan fingerprint density at radius 3 is 2.48 bits per heavy atom. The molecule has 0 saturated carbocycles. The quantitative estimate of drug-likeness (QED) is 0.378. The van der Waals surface area contributed by atoms with Gasteiger partial charge >= 0.3 is 5.97 Å². The highest BCUT2D eigenvalue weighted by Gasteiger charge is 2.29. The zero-order chi connectivity index (χ0) is 23.7. The second-order valence-electron chi connectivity index (χ2n) is 7.86. The van der Waals surface area contributed by atoms with E-state index in [9.17, 15) is 19.8 Å². The minimum Gasteiger partial charge on any atom is -0.505 e. The summed E-state index contributed by atoms with van der Waals surface area (Å²) in [5.74, 6) is -1.37. The Morgan fingerprint density at radius 1 is 1.00 bits per heavy atom. The maximum absolute atomic E-state index is 13.0. The minimum atomic E-state index is -1.04. The Hall–Kier alpha value is -4.39. The first kappa shape index (κ1) is 21.8. The van der Waals surface area contributed by atoms with E-state index in [2.05, 4.69) is 10.4 Å². The van der Waals surface area contributed by atoms with Crippen LogP contribution in [-0.4, -0.2) is 27.8 Å². The molecule has 0 bridgehead atoms. The van der Waals surface area contributed by atoms with E-state index in [0.29, 0.717) is 33.8 Å². The number of nitrogens with zero attached hydrogens (tertiary/aromatic N) is 2. The number of aromatic hydroxyl groups is 1. The third kappa shape index (κ3) is 4.21. The van der Waals surface area contributed by atoms with E-state index in [0.717, 1.165) is 11.1 Å². The highest BCUT2D eigenvalue weighted by molar-refractivity contribution is 6.29. The van der Waals surface area contributed by atoms with Gasteiger partial charge in [-0.05, 0) is 67.8 Å². The van der Waals surface area contributed by atoms with Crippen LogP contribution in [0.15, 0.2) is 77.5 Å². The summed E-state index contributed by atoms with van der Waals surface area (Å²) in [6.07, 6.45) is 1.52. The van der Waals surface area contributed by atoms with Gasteiger partial charge in [-0.15, -0.1) is 0 Å². The summed E-state index contributed by atoms with van der Waals surface area (Å²) < 4.78 is 0. The van der Waals surface area contributed by atoms with Crippen LogP contribution in [0, 0.1) is 13.8 Å². The first-order valence-corrected chi connectivity index (χ1v) is 10.4. The summed E-state index contributed by atoms with van der Waals surface area (Å²) in [5.41, 5.74) is 5.37. The van der Waals surface area contributed by atoms with Gasteiger partial charge in [-0.1, -0.05) is 30.3 Å². The standard InChI is InChI=1S/C26H23N3O4/c1-15-10-11-20(12-16(15)2)29-25(31)22(17(3)28-29)14-27-23-9-5-8-21(24(23)30)18-6-4-7-19(13-18)26(32)33/h4-14,27,30H,1-3H3,(H,32,33)/b22-14+. The van der Waals surface area contributed by atoms with Crippen molar-refractivity contribution < 1.29 is 19.8 Å². The number of carboxylic acid groups (broad SMARTS) is 1. The van der Waals surface area contributed by atoms with Crippen molar-refractivity contribution >= 4 is 29.0 Å². The number of aryl methyl sites for hydroxylation is 2. The maximum Gasteiger partial charge on any atom is 0.335 e. The molecule has 3 aromatic carbocycles. The van der Waals surface area contributed by atoms with Gasteiger partial charge in [-0.2, -0.15) is 10.1 Å². The van der Waals surface area contributed by atoms with Gasteiger partial charge in [0.2, 0.25) is 0 Å². The van der Waals surface area contributed by atoms with Crippen LogP contribution in [0.1, 0.15) is 28.4 Å². The molecule has 0 aliphatic carbocycles. The number of phenolic OH excluding ortho intramolecular Hbond substituents is 1. The molecule has 33 heavy (non-hydrogen) atoms. The molecule has 7 heteroatoms. The summed E-state index contributed by atoms with van der Waals surface area (Å²) >= 11 is 0. The number of nitrogens with one attached hydrogen (secondary N) is 1. The number of anilines is 2. The first-order valence-electron chi connectivity index (χ1n) is 10.4. The average Bonchev–Trinajstić information content (AvgIpc) is 3.08. The van der Waals surface area contributed by atoms with Crippen LogP contribution >= 0.6 is 0 Å². The number of hydrogen-bond donors (Lipinski definition) is 3. The second kappa shape index (κ2) is 8.63. The Balaban J connectivity index is 1.61. The third-order valence-corrected chi connectivity index (χ3v) is 5.63. The summed E-state index contributed by atoms with van der Waals surface area (Å²) in [6, 6.07) is 17.2. The Labute approximate surface area is 191 Å². The number of amides is 1. The molecule has 1 heterocycles. The lowest BCUT2D eigenvalue weighted by molar-refractivity contribution is -0.114. The lowest BCUT2D eigenvalue weighted by Crippen LogP contribution is -2.22. The Bertz CT molecular complexity index is 1340. The van der Waals surface area contributed by atoms with Crippen LogP contribution in [0.3, 0.4) is 0 Å². The van der Waals surface area contributed by atoms with Crippen molar-refractivity contribution in [3.05, 3.63) is 89.1 Å². The number of carbonyl (C=O) groups is 2. The van der Waals surface area contributed by atoms with Gasteiger partial charge in [0.05, 0.1) is 28.2 Å². The van der Waals surface area contributed by atoms with Crippen LogP contribution < -0.4 is 10.3 Å². The van der Waals surface area contributed by atoms with Crippen molar-refractivity contribution in [3.63, 3.8) is 0 Å². The summed E-state index contributed by atoms with van der Waals surface area (Å²) in [6.45, 7) is 5.74. The van der Waals surface area contributed by atoms with Gasteiger partial charge in [-0.25, -0.2) is 4.79 Å². The van der Waals surface area contributed by atoms with E-state index in [1.165, 1.54) is 23.3 Å². The molecule has 0 radical (unpaired) electrons. The molecule has 7 nitrogen and oxygen atoms in total. The molecule has 3 aromatic rings. The van der Waals surface area contributed by atoms with Crippen LogP contribution in [-0.2, 0) is 4.79 Å². The fourth-order valence-electron chi connectivity index (χ4n) is 3.58. The first-order chi connectivity index (χ1) is 15.8. The van der Waals surface area contributed by atoms with Gasteiger partial charge in [-0.3, -0.25) is 4.79 Å². The van der Waals surface area contributed by atoms with Crippen molar-refractivity contribution in [3.8, 4) is 16.9 Å². The molecule has 0 unspecified atom stereocenters. The van der Waals surface area contributed by atoms with Crippen molar-refractivity contribution in [1.82, 2.24) is 0 Å². The topological polar surface area (TPSA) is 102 Å². The zero-order valence-corrected chi connectivity index (χ0v) is 18.5. The van der Waals surface area contributed by atoms with E-state index >= 15 is 0 Å². The molecule has 0 saturated heterocycles. The predicted octanol–water partition coefficient (Wildman–Crippen LogP) is 5.09. The summed E-state index contributed by atoms with van der Waals surface area (Å²) in [7, 11) is 0. The lowest BCUT2D eigenvalue weighted by atomic mass is 10.0. The number of carboxylic acids is 1. The molecule has 0 spiro atoms. The van der Waals surface area contributed by atoms with Gasteiger partial charge in [0.1, 0.15) is 5.75 Å². The van der Waals surface area contributed by atoms with Gasteiger partial charge in [0.15, 0.2) is 0 Å². The Kier molecular flexibility index (Phi) is 5.70. The summed E-state index contributed by atoms with van der Waals surface area (Å²) in [5, 5.41) is 28.8. The van der Waals surface area contributed by atoms with E-state index in [1.807, 2.05) is 32.0 Å². The van der Waals surface area contributed by atoms with Crippen LogP contribution in [0.25, 0.3) is 11.1 Å². The normalized spacial score (nSPS) is 14.5. The molecule has 3 N–H and O–H groups in total. The Morgan fingerprint density at radius 2 is 1.76 bits per heavy atom. The average molecular weight is 441 g/mol. The molecule has 1 amide bonds. The largest absolute Gasteiger partial charge is 0.505 e. The second-order valence-corrected chi connectivity index (χ2v) is 7.86. The number of hydrazone groups is 1. The smallest absolute Gasteiger partial charge is 0.335 e. The number of rotatable bonds is 5. The molecule has 0 fully saturated rings. The molecule has 0 aromatic heterocycles. The van der Waals surface area contributed by atoms with Crippen LogP contribution in [0.5, 0.6) is 5.75 Å². The van der Waals surface area contributed by atoms with Crippen molar-refractivity contribution in [1.29, 1.82) is 0 Å². The molecule has 1 aliphatic heterocycles. The third-order valence-electron chi connectivity index (χ3n) is 5.63. The van der Waals surface area contributed by atoms with E-state index < -0.39 is 5.97 Å². The molecule has 0 atom stereocenters. The SMILES string of the molecule is CC1=NN(c2ccc(C)c(C)c2)C(=O)/C1=C/Nc1cccc(-c2cccc(C(=O)O)c2)c1O. The van der Waals surface area contributed by atoms with Crippen molar-refractivity contribution in [2.45, 2.75) is 20.8 Å². The van der Waals surface area contributed by atoms with Crippen LogP contribution in [0.4, 0.5) is 11.4 Å². The van der Waals surface area contributed by atoms with Gasteiger partial charge in [0, 0.05) is 11.8 Å². The fourth-order valence-corrected chi connectivity index (χ4v) is 3.58. The number of hydrogen-bond acceptors (Lipinski definition) is 5. The molecular formula is C26H23N3O4. The van der Waals surface area contributed by atoms with E-state index in [4.69, 9.17) is 0 Å². The summed E-state index contributed by atoms with van der Waals surface area (Å²) in [4.78, 5) is 24.3. The predicted molar refractivity (Wildman–Crippen MR) is 129 cm³/mol. The highest BCUT2D eigenvalue weighted by atomic mass is 16.4. The monoisotopic (exact) mass is 441 g/mol. The molecule has 166 valence electrons. The maximum atomic E-state index is 13.0. The number of benzene rings is 3.